The number of likely N-dealkylation sites (tertiary alicyclic amines) is 1. The number of rotatable bonds is 5. The molecule has 1 N–H and O–H groups in total. The van der Waals surface area contributed by atoms with E-state index in [0.717, 1.165) is 58.7 Å². The van der Waals surface area contributed by atoms with Gasteiger partial charge in [0, 0.05) is 32.6 Å². The van der Waals surface area contributed by atoms with Gasteiger partial charge in [0.25, 0.3) is 0 Å². The minimum atomic E-state index is -0.669. The summed E-state index contributed by atoms with van der Waals surface area (Å²) in [5, 5.41) is 8.89. The Hall–Kier alpha value is -0.650. The summed E-state index contributed by atoms with van der Waals surface area (Å²) in [4.78, 5) is 15.6. The Bertz CT molecular complexity index is 298. The van der Waals surface area contributed by atoms with Crippen molar-refractivity contribution in [2.45, 2.75) is 32.3 Å². The molecule has 2 fully saturated rings. The highest BCUT2D eigenvalue weighted by Crippen LogP contribution is 2.20. The van der Waals surface area contributed by atoms with Crippen LogP contribution in [0.3, 0.4) is 0 Å². The fourth-order valence-electron chi connectivity index (χ4n) is 3.20. The molecule has 2 unspecified atom stereocenters. The van der Waals surface area contributed by atoms with Gasteiger partial charge in [-0.15, -0.1) is 0 Å². The van der Waals surface area contributed by atoms with Crippen molar-refractivity contribution >= 4 is 5.97 Å². The number of piperidine rings is 1. The topological polar surface area (TPSA) is 53.0 Å². The Labute approximate surface area is 115 Å². The minimum absolute atomic E-state index is 0.289. The summed E-state index contributed by atoms with van der Waals surface area (Å²) >= 11 is 0. The van der Waals surface area contributed by atoms with Crippen LogP contribution in [0.25, 0.3) is 0 Å². The fourth-order valence-corrected chi connectivity index (χ4v) is 3.20. The Morgan fingerprint density at radius 2 is 2.16 bits per heavy atom. The third-order valence-electron chi connectivity index (χ3n) is 4.20. The highest BCUT2D eigenvalue weighted by Gasteiger charge is 2.26. The molecule has 0 aromatic heterocycles. The van der Waals surface area contributed by atoms with Crippen LogP contribution in [0.5, 0.6) is 0 Å². The van der Waals surface area contributed by atoms with E-state index in [1.165, 1.54) is 0 Å². The average Bonchev–Trinajstić information content (AvgIpc) is 2.38. The van der Waals surface area contributed by atoms with Crippen LogP contribution in [-0.4, -0.2) is 72.9 Å². The molecule has 0 radical (unpaired) electrons. The van der Waals surface area contributed by atoms with Gasteiger partial charge in [-0.05, 0) is 31.8 Å². The maximum Gasteiger partial charge on any atom is 0.303 e. The summed E-state index contributed by atoms with van der Waals surface area (Å²) in [5.41, 5.74) is 0. The summed E-state index contributed by atoms with van der Waals surface area (Å²) < 4.78 is 5.83. The second kappa shape index (κ2) is 7.22. The van der Waals surface area contributed by atoms with Crippen LogP contribution < -0.4 is 0 Å². The SMILES string of the molecule is CCN1CCOC(CN2CCCC(CC(=O)O)C2)C1. The maximum absolute atomic E-state index is 10.8. The first-order valence-electron chi connectivity index (χ1n) is 7.45. The van der Waals surface area contributed by atoms with Gasteiger partial charge in [0.15, 0.2) is 0 Å². The molecule has 0 bridgehead atoms. The molecular formula is C14H26N2O3. The number of hydrogen-bond donors (Lipinski definition) is 1. The number of morpholine rings is 1. The molecule has 2 saturated heterocycles. The number of nitrogens with zero attached hydrogens (tertiary/aromatic N) is 2. The number of ether oxygens (including phenoxy) is 1. The van der Waals surface area contributed by atoms with Gasteiger partial charge in [-0.2, -0.15) is 0 Å². The molecule has 2 atom stereocenters. The molecule has 5 heteroatoms. The molecular weight excluding hydrogens is 244 g/mol. The van der Waals surface area contributed by atoms with Crippen molar-refractivity contribution in [3.63, 3.8) is 0 Å². The second-order valence-corrected chi connectivity index (χ2v) is 5.75. The molecule has 0 aliphatic carbocycles. The molecule has 0 aromatic carbocycles. The van der Waals surface area contributed by atoms with Crippen molar-refractivity contribution in [2.75, 3.05) is 45.9 Å². The molecule has 2 rings (SSSR count). The van der Waals surface area contributed by atoms with Crippen LogP contribution >= 0.6 is 0 Å². The number of carboxylic acids is 1. The first-order chi connectivity index (χ1) is 9.17. The van der Waals surface area contributed by atoms with E-state index >= 15 is 0 Å². The normalized spacial score (nSPS) is 30.4. The van der Waals surface area contributed by atoms with E-state index < -0.39 is 5.97 Å². The molecule has 2 heterocycles. The van der Waals surface area contributed by atoms with Crippen molar-refractivity contribution in [1.29, 1.82) is 0 Å². The van der Waals surface area contributed by atoms with E-state index in [1.807, 2.05) is 0 Å². The zero-order valence-electron chi connectivity index (χ0n) is 11.9. The average molecular weight is 270 g/mol. The lowest BCUT2D eigenvalue weighted by molar-refractivity contribution is -0.138. The van der Waals surface area contributed by atoms with E-state index in [4.69, 9.17) is 9.84 Å². The molecule has 0 amide bonds. The Kier molecular flexibility index (Phi) is 5.60. The van der Waals surface area contributed by atoms with Gasteiger partial charge in [-0.3, -0.25) is 9.69 Å². The predicted octanol–water partition coefficient (Wildman–Crippen LogP) is 0.894. The van der Waals surface area contributed by atoms with Crippen LogP contribution in [0.4, 0.5) is 0 Å². The van der Waals surface area contributed by atoms with E-state index in [0.29, 0.717) is 12.3 Å². The molecule has 2 aliphatic rings. The van der Waals surface area contributed by atoms with Crippen LogP contribution in [0.15, 0.2) is 0 Å². The lowest BCUT2D eigenvalue weighted by Crippen LogP contribution is -2.49. The number of carbonyl (C=O) groups is 1. The zero-order valence-corrected chi connectivity index (χ0v) is 11.9. The summed E-state index contributed by atoms with van der Waals surface area (Å²) in [6.07, 6.45) is 2.76. The highest BCUT2D eigenvalue weighted by molar-refractivity contribution is 5.67. The molecule has 0 saturated carbocycles. The van der Waals surface area contributed by atoms with Gasteiger partial charge in [0.2, 0.25) is 0 Å². The van der Waals surface area contributed by atoms with Crippen molar-refractivity contribution in [2.24, 2.45) is 5.92 Å². The van der Waals surface area contributed by atoms with E-state index in [2.05, 4.69) is 16.7 Å². The number of carboxylic acid groups (broad SMARTS) is 1. The zero-order chi connectivity index (χ0) is 13.7. The standard InChI is InChI=1S/C14H26N2O3/c1-2-15-6-7-19-13(10-15)11-16-5-3-4-12(9-16)8-14(17)18/h12-13H,2-11H2,1H3,(H,17,18). The van der Waals surface area contributed by atoms with Gasteiger partial charge in [-0.1, -0.05) is 6.92 Å². The molecule has 0 spiro atoms. The van der Waals surface area contributed by atoms with Crippen molar-refractivity contribution in [1.82, 2.24) is 9.80 Å². The summed E-state index contributed by atoms with van der Waals surface area (Å²) in [6.45, 7) is 9.09. The molecule has 2 aliphatic heterocycles. The van der Waals surface area contributed by atoms with Crippen molar-refractivity contribution in [3.05, 3.63) is 0 Å². The lowest BCUT2D eigenvalue weighted by Gasteiger charge is -2.38. The second-order valence-electron chi connectivity index (χ2n) is 5.75. The van der Waals surface area contributed by atoms with Crippen LogP contribution in [0, 0.1) is 5.92 Å². The first-order valence-corrected chi connectivity index (χ1v) is 7.45. The van der Waals surface area contributed by atoms with Crippen LogP contribution in [0.2, 0.25) is 0 Å². The van der Waals surface area contributed by atoms with E-state index in [1.54, 1.807) is 0 Å². The van der Waals surface area contributed by atoms with Gasteiger partial charge < -0.3 is 14.7 Å². The molecule has 19 heavy (non-hydrogen) atoms. The third kappa shape index (κ3) is 4.75. The van der Waals surface area contributed by atoms with E-state index in [9.17, 15) is 4.79 Å². The first kappa shape index (κ1) is 14.8. The largest absolute Gasteiger partial charge is 0.481 e. The molecule has 0 aromatic rings. The van der Waals surface area contributed by atoms with E-state index in [-0.39, 0.29) is 6.10 Å². The Balaban J connectivity index is 1.76. The van der Waals surface area contributed by atoms with Crippen LogP contribution in [0.1, 0.15) is 26.2 Å². The monoisotopic (exact) mass is 270 g/mol. The quantitative estimate of drug-likeness (QED) is 0.804. The lowest BCUT2D eigenvalue weighted by atomic mass is 9.94. The summed E-state index contributed by atoms with van der Waals surface area (Å²) in [6, 6.07) is 0. The Morgan fingerprint density at radius 3 is 2.89 bits per heavy atom. The minimum Gasteiger partial charge on any atom is -0.481 e. The smallest absolute Gasteiger partial charge is 0.303 e. The van der Waals surface area contributed by atoms with Crippen molar-refractivity contribution in [3.8, 4) is 0 Å². The fraction of sp³-hybridized carbons (Fsp3) is 0.929. The van der Waals surface area contributed by atoms with Crippen molar-refractivity contribution < 1.29 is 14.6 Å². The third-order valence-corrected chi connectivity index (χ3v) is 4.20. The number of likely N-dealkylation sites (N-methyl/N-ethyl adjacent to an activating group) is 1. The highest BCUT2D eigenvalue weighted by atomic mass is 16.5. The number of hydrogen-bond acceptors (Lipinski definition) is 4. The maximum atomic E-state index is 10.8. The number of aliphatic carboxylic acids is 1. The van der Waals surface area contributed by atoms with Gasteiger partial charge in [0.1, 0.15) is 0 Å². The summed E-state index contributed by atoms with van der Waals surface area (Å²) in [5.74, 6) is -0.352. The van der Waals surface area contributed by atoms with Gasteiger partial charge in [0.05, 0.1) is 12.7 Å². The molecule has 5 nitrogen and oxygen atoms in total. The van der Waals surface area contributed by atoms with Gasteiger partial charge in [-0.25, -0.2) is 0 Å². The predicted molar refractivity (Wildman–Crippen MR) is 73.3 cm³/mol. The summed E-state index contributed by atoms with van der Waals surface area (Å²) in [7, 11) is 0. The molecule has 110 valence electrons. The van der Waals surface area contributed by atoms with Gasteiger partial charge >= 0.3 is 5.97 Å². The van der Waals surface area contributed by atoms with Crippen LogP contribution in [-0.2, 0) is 9.53 Å². The Morgan fingerprint density at radius 1 is 1.32 bits per heavy atom.